The first-order valence-corrected chi connectivity index (χ1v) is 6.13. The molecule has 2 nitrogen and oxygen atoms in total. The molecule has 1 saturated carbocycles. The Hall–Kier alpha value is -1.38. The largest absolute Gasteiger partial charge is 0.369 e. The van der Waals surface area contributed by atoms with E-state index in [2.05, 4.69) is 0 Å². The second-order valence-electron chi connectivity index (χ2n) is 4.77. The van der Waals surface area contributed by atoms with Crippen LogP contribution in [-0.4, -0.2) is 18.9 Å². The number of Topliss-reactive ketones (excluding diaryl/α,β-unsaturated/α-hetero) is 1. The van der Waals surface area contributed by atoms with Crippen molar-refractivity contribution >= 4 is 11.5 Å². The number of nitrogens with zero attached hydrogens (tertiary/aromatic N) is 1. The van der Waals surface area contributed by atoms with Crippen LogP contribution in [0.3, 0.4) is 0 Å². The van der Waals surface area contributed by atoms with Gasteiger partial charge in [0.15, 0.2) is 5.78 Å². The number of rotatable bonds is 3. The minimum absolute atomic E-state index is 0.0982. The first-order chi connectivity index (χ1) is 8.09. The summed E-state index contributed by atoms with van der Waals surface area (Å²) in [7, 11) is 1.93. The minimum atomic E-state index is -0.299. The van der Waals surface area contributed by atoms with Crippen molar-refractivity contribution in [2.45, 2.75) is 38.6 Å². The highest BCUT2D eigenvalue weighted by atomic mass is 19.1. The molecule has 1 aliphatic carbocycles. The smallest absolute Gasteiger partial charge is 0.159 e. The molecule has 92 valence electrons. The van der Waals surface area contributed by atoms with Gasteiger partial charge < -0.3 is 4.90 Å². The molecule has 0 spiro atoms. The van der Waals surface area contributed by atoms with Crippen molar-refractivity contribution < 1.29 is 9.18 Å². The van der Waals surface area contributed by atoms with Gasteiger partial charge in [-0.1, -0.05) is 12.8 Å². The Morgan fingerprint density at radius 2 is 2.00 bits per heavy atom. The van der Waals surface area contributed by atoms with Crippen LogP contribution in [0.25, 0.3) is 0 Å². The topological polar surface area (TPSA) is 20.3 Å². The summed E-state index contributed by atoms with van der Waals surface area (Å²) in [5.74, 6) is -0.397. The summed E-state index contributed by atoms with van der Waals surface area (Å²) >= 11 is 0. The van der Waals surface area contributed by atoms with Gasteiger partial charge in [-0.25, -0.2) is 4.39 Å². The summed E-state index contributed by atoms with van der Waals surface area (Å²) in [6.07, 6.45) is 4.71. The maximum atomic E-state index is 13.9. The number of carbonyl (C=O) groups is 1. The van der Waals surface area contributed by atoms with Gasteiger partial charge in [0.2, 0.25) is 0 Å². The van der Waals surface area contributed by atoms with Crippen LogP contribution < -0.4 is 4.90 Å². The zero-order valence-electron chi connectivity index (χ0n) is 10.4. The molecule has 3 heteroatoms. The lowest BCUT2D eigenvalue weighted by atomic mass is 10.1. The number of ketones is 1. The highest BCUT2D eigenvalue weighted by molar-refractivity contribution is 5.94. The van der Waals surface area contributed by atoms with E-state index < -0.39 is 0 Å². The predicted octanol–water partition coefficient (Wildman–Crippen LogP) is 3.41. The molecule has 1 aromatic rings. The fourth-order valence-electron chi connectivity index (χ4n) is 2.50. The molecule has 1 fully saturated rings. The number of anilines is 1. The highest BCUT2D eigenvalue weighted by Gasteiger charge is 2.21. The molecule has 0 radical (unpaired) electrons. The third kappa shape index (κ3) is 2.48. The zero-order valence-corrected chi connectivity index (χ0v) is 10.4. The normalized spacial score (nSPS) is 16.2. The summed E-state index contributed by atoms with van der Waals surface area (Å²) in [5.41, 5.74) is 1.04. The molecule has 0 bridgehead atoms. The van der Waals surface area contributed by atoms with Crippen LogP contribution in [0.4, 0.5) is 10.1 Å². The van der Waals surface area contributed by atoms with E-state index in [1.165, 1.54) is 25.8 Å². The second kappa shape index (κ2) is 4.86. The Labute approximate surface area is 101 Å². The Kier molecular flexibility index (Phi) is 3.46. The van der Waals surface area contributed by atoms with Crippen LogP contribution in [0.2, 0.25) is 0 Å². The van der Waals surface area contributed by atoms with Crippen LogP contribution >= 0.6 is 0 Å². The van der Waals surface area contributed by atoms with Gasteiger partial charge >= 0.3 is 0 Å². The van der Waals surface area contributed by atoms with E-state index in [4.69, 9.17) is 0 Å². The van der Waals surface area contributed by atoms with Crippen molar-refractivity contribution in [3.05, 3.63) is 29.6 Å². The molecule has 0 atom stereocenters. The third-order valence-corrected chi connectivity index (χ3v) is 3.61. The maximum absolute atomic E-state index is 13.9. The van der Waals surface area contributed by atoms with E-state index in [-0.39, 0.29) is 11.6 Å². The molecule has 1 aliphatic rings. The van der Waals surface area contributed by atoms with Gasteiger partial charge in [0.25, 0.3) is 0 Å². The molecule has 0 aromatic heterocycles. The molecule has 0 unspecified atom stereocenters. The van der Waals surface area contributed by atoms with Crippen molar-refractivity contribution in [1.29, 1.82) is 0 Å². The Balaban J connectivity index is 2.23. The van der Waals surface area contributed by atoms with Crippen molar-refractivity contribution in [3.63, 3.8) is 0 Å². The Morgan fingerprint density at radius 1 is 1.35 bits per heavy atom. The molecule has 0 aliphatic heterocycles. The molecule has 17 heavy (non-hydrogen) atoms. The van der Waals surface area contributed by atoms with Crippen LogP contribution in [0.15, 0.2) is 18.2 Å². The van der Waals surface area contributed by atoms with E-state index in [1.54, 1.807) is 12.1 Å². The van der Waals surface area contributed by atoms with Crippen molar-refractivity contribution in [2.24, 2.45) is 0 Å². The molecule has 1 aromatic carbocycles. The Bertz CT molecular complexity index is 424. The van der Waals surface area contributed by atoms with Crippen molar-refractivity contribution in [3.8, 4) is 0 Å². The van der Waals surface area contributed by atoms with E-state index in [0.29, 0.717) is 17.3 Å². The first kappa shape index (κ1) is 12.1. The average molecular weight is 235 g/mol. The molecule has 0 saturated heterocycles. The molecule has 0 heterocycles. The van der Waals surface area contributed by atoms with E-state index in [0.717, 1.165) is 12.8 Å². The number of benzene rings is 1. The Morgan fingerprint density at radius 3 is 2.53 bits per heavy atom. The lowest BCUT2D eigenvalue weighted by molar-refractivity contribution is 0.101. The monoisotopic (exact) mass is 235 g/mol. The first-order valence-electron chi connectivity index (χ1n) is 6.13. The van der Waals surface area contributed by atoms with Gasteiger partial charge in [-0.3, -0.25) is 4.79 Å². The van der Waals surface area contributed by atoms with Crippen LogP contribution in [-0.2, 0) is 0 Å². The van der Waals surface area contributed by atoms with Gasteiger partial charge in [0.05, 0.1) is 5.69 Å². The van der Waals surface area contributed by atoms with Gasteiger partial charge in [-0.15, -0.1) is 0 Å². The highest BCUT2D eigenvalue weighted by Crippen LogP contribution is 2.29. The predicted molar refractivity (Wildman–Crippen MR) is 67.1 cm³/mol. The lowest BCUT2D eigenvalue weighted by Gasteiger charge is -2.27. The third-order valence-electron chi connectivity index (χ3n) is 3.61. The standard InChI is InChI=1S/C14H18FNO/c1-10(17)11-7-8-14(13(15)9-11)16(2)12-5-3-4-6-12/h7-9,12H,3-6H2,1-2H3. The summed E-state index contributed by atoms with van der Waals surface area (Å²) in [6.45, 7) is 1.45. The van der Waals surface area contributed by atoms with E-state index in [1.807, 2.05) is 11.9 Å². The SMILES string of the molecule is CC(=O)c1ccc(N(C)C2CCCC2)c(F)c1. The van der Waals surface area contributed by atoms with Crippen LogP contribution in [0, 0.1) is 5.82 Å². The number of halogens is 1. The lowest BCUT2D eigenvalue weighted by Crippen LogP contribution is -2.29. The van der Waals surface area contributed by atoms with Gasteiger partial charge in [0.1, 0.15) is 5.82 Å². The fraction of sp³-hybridized carbons (Fsp3) is 0.500. The maximum Gasteiger partial charge on any atom is 0.159 e. The van der Waals surface area contributed by atoms with Crippen molar-refractivity contribution in [1.82, 2.24) is 0 Å². The van der Waals surface area contributed by atoms with E-state index >= 15 is 0 Å². The molecular formula is C14H18FNO. The van der Waals surface area contributed by atoms with Crippen LogP contribution in [0.1, 0.15) is 43.0 Å². The summed E-state index contributed by atoms with van der Waals surface area (Å²) < 4.78 is 13.9. The zero-order chi connectivity index (χ0) is 12.4. The summed E-state index contributed by atoms with van der Waals surface area (Å²) in [6, 6.07) is 5.19. The second-order valence-corrected chi connectivity index (χ2v) is 4.77. The molecule has 2 rings (SSSR count). The fourth-order valence-corrected chi connectivity index (χ4v) is 2.50. The molecule has 0 amide bonds. The average Bonchev–Trinajstić information content (AvgIpc) is 2.81. The minimum Gasteiger partial charge on any atom is -0.369 e. The van der Waals surface area contributed by atoms with Crippen molar-refractivity contribution in [2.75, 3.05) is 11.9 Å². The molecular weight excluding hydrogens is 217 g/mol. The van der Waals surface area contributed by atoms with Crippen LogP contribution in [0.5, 0.6) is 0 Å². The van der Waals surface area contributed by atoms with Gasteiger partial charge in [-0.2, -0.15) is 0 Å². The number of carbonyl (C=O) groups excluding carboxylic acids is 1. The summed E-state index contributed by atoms with van der Waals surface area (Å²) in [5, 5.41) is 0. The van der Waals surface area contributed by atoms with Gasteiger partial charge in [-0.05, 0) is 38.0 Å². The quantitative estimate of drug-likeness (QED) is 0.748. The summed E-state index contributed by atoms with van der Waals surface area (Å²) in [4.78, 5) is 13.2. The van der Waals surface area contributed by atoms with Gasteiger partial charge in [0, 0.05) is 18.7 Å². The number of hydrogen-bond donors (Lipinski definition) is 0. The molecule has 0 N–H and O–H groups in total. The number of hydrogen-bond acceptors (Lipinski definition) is 2. The van der Waals surface area contributed by atoms with E-state index in [9.17, 15) is 9.18 Å².